The zero-order valence-corrected chi connectivity index (χ0v) is 9.93. The van der Waals surface area contributed by atoms with E-state index in [0.29, 0.717) is 17.7 Å². The van der Waals surface area contributed by atoms with E-state index in [4.69, 9.17) is 5.73 Å². The highest BCUT2D eigenvalue weighted by Crippen LogP contribution is 2.56. The van der Waals surface area contributed by atoms with E-state index in [2.05, 4.69) is 42.2 Å². The van der Waals surface area contributed by atoms with Crippen LogP contribution in [0.15, 0.2) is 42.6 Å². The van der Waals surface area contributed by atoms with E-state index < -0.39 is 0 Å². The Hall–Kier alpha value is -1.83. The summed E-state index contributed by atoms with van der Waals surface area (Å²) in [6.07, 6.45) is 2.98. The van der Waals surface area contributed by atoms with Crippen molar-refractivity contribution in [2.45, 2.75) is 25.2 Å². The van der Waals surface area contributed by atoms with Crippen LogP contribution in [-0.4, -0.2) is 4.98 Å². The molecule has 2 aromatic rings. The first-order valence-electron chi connectivity index (χ1n) is 6.03. The molecule has 17 heavy (non-hydrogen) atoms. The van der Waals surface area contributed by atoms with Crippen molar-refractivity contribution in [1.29, 1.82) is 0 Å². The molecule has 2 nitrogen and oxygen atoms in total. The SMILES string of the molecule is Cc1ccnc(N)c1C1CC1c1ccccc1. The van der Waals surface area contributed by atoms with Crippen LogP contribution < -0.4 is 5.73 Å². The van der Waals surface area contributed by atoms with Crippen LogP contribution in [0.4, 0.5) is 5.82 Å². The average molecular weight is 224 g/mol. The highest BCUT2D eigenvalue weighted by molar-refractivity contribution is 5.51. The van der Waals surface area contributed by atoms with Gasteiger partial charge in [0.1, 0.15) is 5.82 Å². The van der Waals surface area contributed by atoms with Gasteiger partial charge in [0.2, 0.25) is 0 Å². The Balaban J connectivity index is 1.90. The maximum Gasteiger partial charge on any atom is 0.127 e. The third-order valence-corrected chi connectivity index (χ3v) is 3.63. The molecule has 3 rings (SSSR count). The molecule has 0 spiro atoms. The maximum absolute atomic E-state index is 5.99. The van der Waals surface area contributed by atoms with Crippen molar-refractivity contribution in [2.24, 2.45) is 0 Å². The fraction of sp³-hybridized carbons (Fsp3) is 0.267. The molecule has 0 saturated heterocycles. The summed E-state index contributed by atoms with van der Waals surface area (Å²) in [7, 11) is 0. The molecular formula is C15H16N2. The highest BCUT2D eigenvalue weighted by Gasteiger charge is 2.41. The molecule has 1 aromatic heterocycles. The number of nitrogens with zero attached hydrogens (tertiary/aromatic N) is 1. The molecule has 1 heterocycles. The molecular weight excluding hydrogens is 208 g/mol. The minimum absolute atomic E-state index is 0.561. The summed E-state index contributed by atoms with van der Waals surface area (Å²) in [4.78, 5) is 4.21. The molecule has 2 heteroatoms. The molecule has 0 aliphatic heterocycles. The van der Waals surface area contributed by atoms with Crippen LogP contribution in [0.3, 0.4) is 0 Å². The molecule has 86 valence electrons. The van der Waals surface area contributed by atoms with Gasteiger partial charge in [-0.05, 0) is 42.4 Å². The van der Waals surface area contributed by atoms with Crippen molar-refractivity contribution in [3.8, 4) is 0 Å². The van der Waals surface area contributed by atoms with Crippen molar-refractivity contribution >= 4 is 5.82 Å². The Morgan fingerprint density at radius 2 is 1.88 bits per heavy atom. The average Bonchev–Trinajstić information content (AvgIpc) is 3.10. The second-order valence-corrected chi connectivity index (χ2v) is 4.79. The van der Waals surface area contributed by atoms with Gasteiger partial charge in [-0.2, -0.15) is 0 Å². The van der Waals surface area contributed by atoms with Crippen LogP contribution in [0.5, 0.6) is 0 Å². The lowest BCUT2D eigenvalue weighted by molar-refractivity contribution is 1.00. The minimum Gasteiger partial charge on any atom is -0.383 e. The van der Waals surface area contributed by atoms with Gasteiger partial charge in [0.25, 0.3) is 0 Å². The number of pyridine rings is 1. The van der Waals surface area contributed by atoms with Crippen molar-refractivity contribution in [1.82, 2.24) is 4.98 Å². The van der Waals surface area contributed by atoms with Crippen molar-refractivity contribution in [3.63, 3.8) is 0 Å². The van der Waals surface area contributed by atoms with E-state index in [9.17, 15) is 0 Å². The minimum atomic E-state index is 0.561. The molecule has 0 bridgehead atoms. The first-order valence-corrected chi connectivity index (χ1v) is 6.03. The fourth-order valence-electron chi connectivity index (χ4n) is 2.66. The number of benzene rings is 1. The quantitative estimate of drug-likeness (QED) is 0.850. The van der Waals surface area contributed by atoms with Gasteiger partial charge in [-0.15, -0.1) is 0 Å². The van der Waals surface area contributed by atoms with Crippen LogP contribution in [0.1, 0.15) is 34.9 Å². The number of aryl methyl sites for hydroxylation is 1. The number of hydrogen-bond acceptors (Lipinski definition) is 2. The van der Waals surface area contributed by atoms with Gasteiger partial charge in [-0.1, -0.05) is 30.3 Å². The normalized spacial score (nSPS) is 22.4. The molecule has 2 N–H and O–H groups in total. The monoisotopic (exact) mass is 224 g/mol. The summed E-state index contributed by atoms with van der Waals surface area (Å²) >= 11 is 0. The number of hydrogen-bond donors (Lipinski definition) is 1. The van der Waals surface area contributed by atoms with Gasteiger partial charge in [-0.3, -0.25) is 0 Å². The molecule has 2 atom stereocenters. The number of nitrogens with two attached hydrogens (primary N) is 1. The van der Waals surface area contributed by atoms with Crippen LogP contribution in [-0.2, 0) is 0 Å². The van der Waals surface area contributed by atoms with Gasteiger partial charge in [-0.25, -0.2) is 4.98 Å². The van der Waals surface area contributed by atoms with Crippen LogP contribution in [0.25, 0.3) is 0 Å². The van der Waals surface area contributed by atoms with Gasteiger partial charge in [0.15, 0.2) is 0 Å². The Labute approximate surface area is 102 Å². The first-order chi connectivity index (χ1) is 8.27. The summed E-state index contributed by atoms with van der Waals surface area (Å²) < 4.78 is 0. The Kier molecular flexibility index (Phi) is 2.36. The predicted molar refractivity (Wildman–Crippen MR) is 69.9 cm³/mol. The van der Waals surface area contributed by atoms with Crippen molar-refractivity contribution in [3.05, 3.63) is 59.3 Å². The van der Waals surface area contributed by atoms with Crippen LogP contribution in [0.2, 0.25) is 0 Å². The number of aromatic nitrogens is 1. The molecule has 0 amide bonds. The number of rotatable bonds is 2. The Morgan fingerprint density at radius 3 is 2.59 bits per heavy atom. The largest absolute Gasteiger partial charge is 0.383 e. The Bertz CT molecular complexity index is 514. The van der Waals surface area contributed by atoms with E-state index >= 15 is 0 Å². The lowest BCUT2D eigenvalue weighted by atomic mass is 10.0. The summed E-state index contributed by atoms with van der Waals surface area (Å²) in [5.41, 5.74) is 9.92. The second-order valence-electron chi connectivity index (χ2n) is 4.79. The lowest BCUT2D eigenvalue weighted by Crippen LogP contribution is -1.99. The summed E-state index contributed by atoms with van der Waals surface area (Å²) in [6, 6.07) is 12.7. The molecule has 2 unspecified atom stereocenters. The molecule has 0 radical (unpaired) electrons. The topological polar surface area (TPSA) is 38.9 Å². The van der Waals surface area contributed by atoms with E-state index in [1.54, 1.807) is 6.20 Å². The van der Waals surface area contributed by atoms with Crippen molar-refractivity contribution < 1.29 is 0 Å². The molecule has 1 aliphatic rings. The van der Waals surface area contributed by atoms with Crippen LogP contribution in [0, 0.1) is 6.92 Å². The number of anilines is 1. The fourth-order valence-corrected chi connectivity index (χ4v) is 2.66. The van der Waals surface area contributed by atoms with Crippen LogP contribution >= 0.6 is 0 Å². The summed E-state index contributed by atoms with van der Waals surface area (Å²) in [6.45, 7) is 2.12. The van der Waals surface area contributed by atoms with Gasteiger partial charge in [0, 0.05) is 11.8 Å². The van der Waals surface area contributed by atoms with Crippen molar-refractivity contribution in [2.75, 3.05) is 5.73 Å². The highest BCUT2D eigenvalue weighted by atomic mass is 14.8. The zero-order valence-electron chi connectivity index (χ0n) is 9.93. The van der Waals surface area contributed by atoms with Gasteiger partial charge in [0.05, 0.1) is 0 Å². The third-order valence-electron chi connectivity index (χ3n) is 3.63. The summed E-state index contributed by atoms with van der Waals surface area (Å²) in [5, 5.41) is 0. The molecule has 1 aliphatic carbocycles. The second kappa shape index (κ2) is 3.88. The summed E-state index contributed by atoms with van der Waals surface area (Å²) in [5.74, 6) is 1.89. The Morgan fingerprint density at radius 1 is 1.12 bits per heavy atom. The molecule has 1 aromatic carbocycles. The molecule has 1 saturated carbocycles. The zero-order chi connectivity index (χ0) is 11.8. The lowest BCUT2D eigenvalue weighted by Gasteiger charge is -2.07. The smallest absolute Gasteiger partial charge is 0.127 e. The maximum atomic E-state index is 5.99. The molecule has 1 fully saturated rings. The number of nitrogen functional groups attached to an aromatic ring is 1. The standard InChI is InChI=1S/C15H16N2/c1-10-7-8-17-15(16)14(10)13-9-12(13)11-5-3-2-4-6-11/h2-8,12-13H,9H2,1H3,(H2,16,17). The predicted octanol–water partition coefficient (Wildman–Crippen LogP) is 3.24. The van der Waals surface area contributed by atoms with E-state index in [0.717, 1.165) is 0 Å². The van der Waals surface area contributed by atoms with Gasteiger partial charge >= 0.3 is 0 Å². The van der Waals surface area contributed by atoms with Gasteiger partial charge < -0.3 is 5.73 Å². The first kappa shape index (κ1) is 10.3. The van der Waals surface area contributed by atoms with E-state index in [1.807, 2.05) is 6.07 Å². The van der Waals surface area contributed by atoms with E-state index in [1.165, 1.54) is 23.1 Å². The van der Waals surface area contributed by atoms with E-state index in [-0.39, 0.29) is 0 Å². The third kappa shape index (κ3) is 1.80.